The Morgan fingerprint density at radius 2 is 1.78 bits per heavy atom. The van der Waals surface area contributed by atoms with Crippen LogP contribution in [0.25, 0.3) is 21.5 Å². The van der Waals surface area contributed by atoms with E-state index in [0.29, 0.717) is 34.9 Å². The van der Waals surface area contributed by atoms with Crippen molar-refractivity contribution < 1.29 is 9.59 Å². The molecule has 2 N–H and O–H groups in total. The van der Waals surface area contributed by atoms with Crippen LogP contribution < -0.4 is 10.6 Å². The fraction of sp³-hybridized carbons (Fsp3) is 0.0968. The number of Topliss-reactive ketones (excluding diaryl/α,β-unsaturated/α-hetero) is 1. The molecule has 0 saturated carbocycles. The number of nitrogens with one attached hydrogen (secondary N) is 2. The zero-order chi connectivity index (χ0) is 28.0. The number of carbonyl (C=O) groups is 2. The van der Waals surface area contributed by atoms with Crippen LogP contribution in [0.3, 0.4) is 0 Å². The summed E-state index contributed by atoms with van der Waals surface area (Å²) >= 11 is 1.38. The molecule has 0 aliphatic carbocycles. The van der Waals surface area contributed by atoms with E-state index < -0.39 is 0 Å². The zero-order valence-electron chi connectivity index (χ0n) is 21.9. The number of pyridine rings is 1. The number of aryl methyl sites for hydroxylation is 2. The van der Waals surface area contributed by atoms with Gasteiger partial charge in [0.1, 0.15) is 0 Å². The second-order valence-corrected chi connectivity index (χ2v) is 10.4. The first-order chi connectivity index (χ1) is 20.1. The summed E-state index contributed by atoms with van der Waals surface area (Å²) in [4.78, 5) is 36.3. The molecule has 0 unspecified atom stereocenters. The molecule has 1 amide bonds. The maximum Gasteiger partial charge on any atom is 0.268 e. The zero-order valence-corrected chi connectivity index (χ0v) is 22.7. The molecule has 0 fully saturated rings. The van der Waals surface area contributed by atoms with Gasteiger partial charge in [0, 0.05) is 40.6 Å². The number of anilines is 2. The molecule has 10 heteroatoms. The van der Waals surface area contributed by atoms with Gasteiger partial charge in [-0.25, -0.2) is 4.98 Å². The molecule has 6 aromatic rings. The number of hydrogen-bond acceptors (Lipinski definition) is 8. The Balaban J connectivity index is 1.25. The van der Waals surface area contributed by atoms with Crippen molar-refractivity contribution >= 4 is 45.7 Å². The standard InChI is InChI=1S/C31H25N7O2S/c39-27(22-6-2-1-3-7-22)20-33-24-8-9-26-25(17-24)36-31(38(26)16-13-21-5-4-14-32-18-21)37-30(40)29-11-10-28(41-29)23-12-15-34-35-19-23/h1-12,14-15,17-19,33H,13,16,20H2,(H,36,37,40). The molecule has 0 saturated heterocycles. The molecule has 2 aromatic carbocycles. The fourth-order valence-electron chi connectivity index (χ4n) is 4.47. The smallest absolute Gasteiger partial charge is 0.268 e. The molecule has 9 nitrogen and oxygen atoms in total. The molecule has 0 bridgehead atoms. The van der Waals surface area contributed by atoms with Crippen LogP contribution in [0.5, 0.6) is 0 Å². The van der Waals surface area contributed by atoms with Crippen molar-refractivity contribution in [2.75, 3.05) is 17.2 Å². The van der Waals surface area contributed by atoms with Crippen LogP contribution in [0.4, 0.5) is 11.6 Å². The topological polar surface area (TPSA) is 115 Å². The van der Waals surface area contributed by atoms with Crippen molar-refractivity contribution in [1.82, 2.24) is 24.7 Å². The predicted octanol–water partition coefficient (Wildman–Crippen LogP) is 5.74. The average Bonchev–Trinajstić information content (AvgIpc) is 3.65. The lowest BCUT2D eigenvalue weighted by Gasteiger charge is -2.10. The number of ketones is 1. The van der Waals surface area contributed by atoms with E-state index in [9.17, 15) is 9.59 Å². The van der Waals surface area contributed by atoms with E-state index in [2.05, 4.69) is 25.8 Å². The second-order valence-electron chi connectivity index (χ2n) is 9.29. The first-order valence-electron chi connectivity index (χ1n) is 13.0. The van der Waals surface area contributed by atoms with Crippen LogP contribution >= 0.6 is 11.3 Å². The van der Waals surface area contributed by atoms with Gasteiger partial charge in [0.05, 0.1) is 34.8 Å². The van der Waals surface area contributed by atoms with E-state index in [1.165, 1.54) is 11.3 Å². The summed E-state index contributed by atoms with van der Waals surface area (Å²) in [5, 5.41) is 14.0. The summed E-state index contributed by atoms with van der Waals surface area (Å²) in [6.45, 7) is 0.754. The maximum absolute atomic E-state index is 13.3. The van der Waals surface area contributed by atoms with Gasteiger partial charge in [-0.2, -0.15) is 10.2 Å². The lowest BCUT2D eigenvalue weighted by atomic mass is 10.1. The summed E-state index contributed by atoms with van der Waals surface area (Å²) in [6, 6.07) is 24.4. The molecule has 0 aliphatic heterocycles. The molecular formula is C31H25N7O2S. The molecule has 4 heterocycles. The third kappa shape index (κ3) is 6.02. The number of carbonyl (C=O) groups excluding carboxylic acids is 2. The Labute approximate surface area is 239 Å². The van der Waals surface area contributed by atoms with Crippen molar-refractivity contribution in [3.05, 3.63) is 120 Å². The molecule has 0 atom stereocenters. The number of nitrogens with zero attached hydrogens (tertiary/aromatic N) is 5. The van der Waals surface area contributed by atoms with Gasteiger partial charge < -0.3 is 9.88 Å². The quantitative estimate of drug-likeness (QED) is 0.206. The van der Waals surface area contributed by atoms with Crippen LogP contribution in [-0.4, -0.2) is 43.0 Å². The lowest BCUT2D eigenvalue weighted by Crippen LogP contribution is -2.15. The number of fused-ring (bicyclic) bond motifs is 1. The van der Waals surface area contributed by atoms with Crippen LogP contribution in [0, 0.1) is 0 Å². The third-order valence-corrected chi connectivity index (χ3v) is 7.70. The number of rotatable bonds is 10. The van der Waals surface area contributed by atoms with Crippen LogP contribution in [0.15, 0.2) is 104 Å². The first kappa shape index (κ1) is 26.0. The largest absolute Gasteiger partial charge is 0.378 e. The van der Waals surface area contributed by atoms with E-state index >= 15 is 0 Å². The monoisotopic (exact) mass is 559 g/mol. The Kier molecular flexibility index (Phi) is 7.55. The summed E-state index contributed by atoms with van der Waals surface area (Å²) in [5.41, 5.74) is 4.99. The van der Waals surface area contributed by atoms with Crippen molar-refractivity contribution in [2.45, 2.75) is 13.0 Å². The molecule has 0 aliphatic rings. The van der Waals surface area contributed by atoms with E-state index in [1.807, 2.05) is 71.4 Å². The minimum atomic E-state index is -0.243. The van der Waals surface area contributed by atoms with Gasteiger partial charge >= 0.3 is 0 Å². The molecule has 4 aromatic heterocycles. The molecule has 0 radical (unpaired) electrons. The highest BCUT2D eigenvalue weighted by Crippen LogP contribution is 2.29. The molecule has 0 spiro atoms. The fourth-order valence-corrected chi connectivity index (χ4v) is 5.36. The van der Waals surface area contributed by atoms with E-state index in [4.69, 9.17) is 4.98 Å². The number of aromatic nitrogens is 5. The highest BCUT2D eigenvalue weighted by molar-refractivity contribution is 7.17. The maximum atomic E-state index is 13.3. The number of amides is 1. The minimum Gasteiger partial charge on any atom is -0.378 e. The Hall–Kier alpha value is -5.22. The van der Waals surface area contributed by atoms with Crippen LogP contribution in [-0.2, 0) is 13.0 Å². The van der Waals surface area contributed by atoms with Gasteiger partial charge in [-0.05, 0) is 54.4 Å². The van der Waals surface area contributed by atoms with E-state index in [-0.39, 0.29) is 18.2 Å². The van der Waals surface area contributed by atoms with Crippen molar-refractivity contribution in [3.8, 4) is 10.4 Å². The van der Waals surface area contributed by atoms with Gasteiger partial charge in [0.2, 0.25) is 5.95 Å². The third-order valence-electron chi connectivity index (χ3n) is 6.57. The number of hydrogen-bond donors (Lipinski definition) is 2. The van der Waals surface area contributed by atoms with Gasteiger partial charge in [0.25, 0.3) is 5.91 Å². The van der Waals surface area contributed by atoms with Crippen molar-refractivity contribution in [3.63, 3.8) is 0 Å². The number of benzene rings is 2. The second kappa shape index (κ2) is 11.9. The Morgan fingerprint density at radius 3 is 2.59 bits per heavy atom. The van der Waals surface area contributed by atoms with Gasteiger partial charge in [-0.15, -0.1) is 11.3 Å². The van der Waals surface area contributed by atoms with E-state index in [0.717, 1.165) is 27.2 Å². The number of thiophene rings is 1. The Bertz CT molecular complexity index is 1800. The summed E-state index contributed by atoms with van der Waals surface area (Å²) in [7, 11) is 0. The van der Waals surface area contributed by atoms with Gasteiger partial charge in [-0.1, -0.05) is 36.4 Å². The Morgan fingerprint density at radius 1 is 0.878 bits per heavy atom. The van der Waals surface area contributed by atoms with Crippen molar-refractivity contribution in [2.24, 2.45) is 0 Å². The van der Waals surface area contributed by atoms with E-state index in [1.54, 1.807) is 36.8 Å². The normalized spacial score (nSPS) is 10.9. The predicted molar refractivity (Wildman–Crippen MR) is 160 cm³/mol. The van der Waals surface area contributed by atoms with Crippen LogP contribution in [0.2, 0.25) is 0 Å². The molecule has 202 valence electrons. The summed E-state index contributed by atoms with van der Waals surface area (Å²) in [5.74, 6) is 0.207. The minimum absolute atomic E-state index is 0.00138. The average molecular weight is 560 g/mol. The SMILES string of the molecule is O=C(CNc1ccc2c(c1)nc(NC(=O)c1ccc(-c3ccnnc3)s1)n2CCc1cccnc1)c1ccccc1. The lowest BCUT2D eigenvalue weighted by molar-refractivity contribution is 0.100. The van der Waals surface area contributed by atoms with Gasteiger partial charge in [-0.3, -0.25) is 19.9 Å². The highest BCUT2D eigenvalue weighted by atomic mass is 32.1. The molecule has 6 rings (SSSR count). The van der Waals surface area contributed by atoms with Crippen molar-refractivity contribution in [1.29, 1.82) is 0 Å². The summed E-state index contributed by atoms with van der Waals surface area (Å²) in [6.07, 6.45) is 7.59. The van der Waals surface area contributed by atoms with Crippen LogP contribution in [0.1, 0.15) is 25.6 Å². The molecule has 41 heavy (non-hydrogen) atoms. The highest BCUT2D eigenvalue weighted by Gasteiger charge is 2.17. The first-order valence-corrected chi connectivity index (χ1v) is 13.9. The number of imidazole rings is 1. The molecular weight excluding hydrogens is 534 g/mol. The van der Waals surface area contributed by atoms with Gasteiger partial charge in [0.15, 0.2) is 5.78 Å². The summed E-state index contributed by atoms with van der Waals surface area (Å²) < 4.78 is 2.00.